The molecule has 0 amide bonds. The van der Waals surface area contributed by atoms with Crippen molar-refractivity contribution < 1.29 is 4.73 Å². The molecule has 0 atom stereocenters. The number of halogens is 2. The lowest BCUT2D eigenvalue weighted by atomic mass is 10.4. The molecule has 0 unspecified atom stereocenters. The Kier molecular flexibility index (Phi) is 2.95. The van der Waals surface area contributed by atoms with Gasteiger partial charge in [0.25, 0.3) is 9.21 Å². The first-order valence-corrected chi connectivity index (χ1v) is 4.87. The van der Waals surface area contributed by atoms with E-state index in [1.807, 2.05) is 25.1 Å². The van der Waals surface area contributed by atoms with Crippen molar-refractivity contribution in [1.29, 1.82) is 0 Å². The second-order valence-corrected chi connectivity index (χ2v) is 4.08. The second kappa shape index (κ2) is 3.62. The summed E-state index contributed by atoms with van der Waals surface area (Å²) in [6.07, 6.45) is 0. The van der Waals surface area contributed by atoms with Crippen LogP contribution in [0.2, 0.25) is 0 Å². The quantitative estimate of drug-likeness (QED) is 0.450. The van der Waals surface area contributed by atoms with E-state index in [0.29, 0.717) is 9.21 Å². The van der Waals surface area contributed by atoms with Gasteiger partial charge in [-0.3, -0.25) is 0 Å². The van der Waals surface area contributed by atoms with Gasteiger partial charge in [0.2, 0.25) is 0 Å². The summed E-state index contributed by atoms with van der Waals surface area (Å²) in [6, 6.07) is 3.58. The number of nitrogens with zero attached hydrogens (tertiary/aromatic N) is 2. The third-order valence-electron chi connectivity index (χ3n) is 1.44. The van der Waals surface area contributed by atoms with Gasteiger partial charge in [0.1, 0.15) is 5.69 Å². The molecule has 0 aromatic carbocycles. The van der Waals surface area contributed by atoms with Crippen LogP contribution in [0.15, 0.2) is 21.3 Å². The molecule has 0 bridgehead atoms. The predicted octanol–water partition coefficient (Wildman–Crippen LogP) is 1.91. The van der Waals surface area contributed by atoms with Gasteiger partial charge in [0, 0.05) is 52.0 Å². The van der Waals surface area contributed by atoms with Gasteiger partial charge in [-0.25, -0.2) is 0 Å². The molecule has 12 heavy (non-hydrogen) atoms. The molecule has 0 aliphatic rings. The van der Waals surface area contributed by atoms with Gasteiger partial charge in [-0.15, -0.1) is 0 Å². The van der Waals surface area contributed by atoms with Crippen LogP contribution in [0.5, 0.6) is 0 Å². The van der Waals surface area contributed by atoms with E-state index in [9.17, 15) is 5.21 Å². The third-order valence-corrected chi connectivity index (χ3v) is 2.76. The summed E-state index contributed by atoms with van der Waals surface area (Å²) in [5.74, 6) is 0. The molecule has 0 fully saturated rings. The largest absolute Gasteiger partial charge is 0.617 e. The van der Waals surface area contributed by atoms with E-state index in [2.05, 4.69) is 31.9 Å². The molecule has 66 valence electrons. The van der Waals surface area contributed by atoms with Crippen molar-refractivity contribution in [1.82, 2.24) is 0 Å². The zero-order chi connectivity index (χ0) is 9.30. The van der Waals surface area contributed by atoms with Gasteiger partial charge < -0.3 is 10.1 Å². The molecule has 5 heteroatoms. The fourth-order valence-electron chi connectivity index (χ4n) is 0.816. The molecule has 3 nitrogen and oxygen atoms in total. The second-order valence-electron chi connectivity index (χ2n) is 2.52. The minimum Gasteiger partial charge on any atom is -0.617 e. The molecule has 0 aliphatic heterocycles. The molecule has 1 rings (SSSR count). The van der Waals surface area contributed by atoms with Gasteiger partial charge in [-0.1, -0.05) is 0 Å². The average Bonchev–Trinajstić information content (AvgIpc) is 2.00. The Bertz CT molecular complexity index is 302. The van der Waals surface area contributed by atoms with Crippen molar-refractivity contribution in [2.45, 2.75) is 0 Å². The third kappa shape index (κ3) is 1.72. The zero-order valence-electron chi connectivity index (χ0n) is 6.71. The molecule has 0 N–H and O–H groups in total. The fraction of sp³-hybridized carbons (Fsp3) is 0.286. The summed E-state index contributed by atoms with van der Waals surface area (Å²) >= 11 is 6.34. The Hall–Kier alpha value is -0.290. The van der Waals surface area contributed by atoms with E-state index in [-0.39, 0.29) is 0 Å². The van der Waals surface area contributed by atoms with Crippen LogP contribution in [0.4, 0.5) is 5.69 Å². The maximum absolute atomic E-state index is 11.3. The van der Waals surface area contributed by atoms with E-state index in [4.69, 9.17) is 0 Å². The van der Waals surface area contributed by atoms with Crippen LogP contribution in [0, 0.1) is 5.21 Å². The van der Waals surface area contributed by atoms with Gasteiger partial charge in [-0.2, -0.15) is 4.73 Å². The van der Waals surface area contributed by atoms with Crippen LogP contribution >= 0.6 is 31.9 Å². The lowest BCUT2D eigenvalue weighted by Gasteiger charge is -2.13. The number of aromatic nitrogens is 1. The topological polar surface area (TPSA) is 30.2 Å². The lowest BCUT2D eigenvalue weighted by molar-refractivity contribution is -0.628. The van der Waals surface area contributed by atoms with Crippen LogP contribution in [0.3, 0.4) is 0 Å². The van der Waals surface area contributed by atoms with Crippen LogP contribution in [-0.4, -0.2) is 14.1 Å². The Morgan fingerprint density at radius 2 is 1.92 bits per heavy atom. The summed E-state index contributed by atoms with van der Waals surface area (Å²) in [7, 11) is 3.77. The van der Waals surface area contributed by atoms with E-state index in [1.165, 1.54) is 0 Å². The molecule has 1 heterocycles. The van der Waals surface area contributed by atoms with Crippen molar-refractivity contribution in [3.05, 3.63) is 26.5 Å². The standard InChI is InChI=1S/C7H8Br2N2O/c1-10(2)5-3-4-6(8)11(12)7(5)9/h3-4H,1-2H3. The van der Waals surface area contributed by atoms with Crippen LogP contribution in [0.1, 0.15) is 0 Å². The molecule has 0 aliphatic carbocycles. The highest BCUT2D eigenvalue weighted by atomic mass is 79.9. The molecule has 0 spiro atoms. The maximum atomic E-state index is 11.3. The molecule has 0 saturated heterocycles. The monoisotopic (exact) mass is 294 g/mol. The minimum absolute atomic E-state index is 0.500. The number of rotatable bonds is 1. The minimum atomic E-state index is 0.500. The Labute approximate surface area is 87.8 Å². The molecule has 0 radical (unpaired) electrons. The summed E-state index contributed by atoms with van der Waals surface area (Å²) in [4.78, 5) is 1.87. The van der Waals surface area contributed by atoms with Crippen molar-refractivity contribution in [3.63, 3.8) is 0 Å². The molecule has 1 aromatic heterocycles. The van der Waals surface area contributed by atoms with Crippen molar-refractivity contribution in [3.8, 4) is 0 Å². The average molecular weight is 296 g/mol. The van der Waals surface area contributed by atoms with Crippen LogP contribution < -0.4 is 9.63 Å². The number of anilines is 1. The van der Waals surface area contributed by atoms with Gasteiger partial charge >= 0.3 is 0 Å². The summed E-state index contributed by atoms with van der Waals surface area (Å²) < 4.78 is 1.80. The number of hydrogen-bond donors (Lipinski definition) is 0. The van der Waals surface area contributed by atoms with Crippen LogP contribution in [-0.2, 0) is 0 Å². The Balaban J connectivity index is 3.27. The number of pyridine rings is 1. The van der Waals surface area contributed by atoms with Gasteiger partial charge in [0.05, 0.1) is 0 Å². The van der Waals surface area contributed by atoms with E-state index in [0.717, 1.165) is 10.4 Å². The molecular formula is C7H8Br2N2O. The molecule has 1 aromatic rings. The summed E-state index contributed by atoms with van der Waals surface area (Å²) in [5.41, 5.74) is 0.855. The lowest BCUT2D eigenvalue weighted by Crippen LogP contribution is -2.31. The number of hydrogen-bond acceptors (Lipinski definition) is 2. The summed E-state index contributed by atoms with van der Waals surface area (Å²) in [5, 5.41) is 11.3. The SMILES string of the molecule is CN(C)c1ccc(Br)[n+]([O-])c1Br. The van der Waals surface area contributed by atoms with Crippen LogP contribution in [0.25, 0.3) is 0 Å². The highest BCUT2D eigenvalue weighted by Gasteiger charge is 2.13. The highest BCUT2D eigenvalue weighted by molar-refractivity contribution is 9.11. The van der Waals surface area contributed by atoms with Crippen molar-refractivity contribution >= 4 is 37.5 Å². The van der Waals surface area contributed by atoms with Gasteiger partial charge in [0.15, 0.2) is 0 Å². The molecule has 0 saturated carbocycles. The highest BCUT2D eigenvalue weighted by Crippen LogP contribution is 2.22. The van der Waals surface area contributed by atoms with Gasteiger partial charge in [-0.05, 0) is 6.07 Å². The van der Waals surface area contributed by atoms with Crippen molar-refractivity contribution in [2.24, 2.45) is 0 Å². The smallest absolute Gasteiger partial charge is 0.283 e. The Morgan fingerprint density at radius 1 is 1.33 bits per heavy atom. The predicted molar refractivity (Wildman–Crippen MR) is 55.1 cm³/mol. The first kappa shape index (κ1) is 9.80. The van der Waals surface area contributed by atoms with E-state index in [1.54, 1.807) is 6.07 Å². The maximum Gasteiger partial charge on any atom is 0.283 e. The van der Waals surface area contributed by atoms with E-state index >= 15 is 0 Å². The first-order valence-electron chi connectivity index (χ1n) is 3.29. The van der Waals surface area contributed by atoms with Crippen molar-refractivity contribution in [2.75, 3.05) is 19.0 Å². The first-order chi connectivity index (χ1) is 5.54. The fourth-order valence-corrected chi connectivity index (χ4v) is 2.04. The van der Waals surface area contributed by atoms with E-state index < -0.39 is 0 Å². The molecular weight excluding hydrogens is 288 g/mol. The Morgan fingerprint density at radius 3 is 2.42 bits per heavy atom. The summed E-state index contributed by atoms with van der Waals surface area (Å²) in [6.45, 7) is 0. The zero-order valence-corrected chi connectivity index (χ0v) is 9.89. The normalized spacial score (nSPS) is 10.0.